The molecule has 1 aliphatic rings. The van der Waals surface area contributed by atoms with E-state index in [1.165, 1.54) is 0 Å². The van der Waals surface area contributed by atoms with Gasteiger partial charge in [0.25, 0.3) is 0 Å². The topological polar surface area (TPSA) is 76.7 Å². The van der Waals surface area contributed by atoms with E-state index in [0.717, 1.165) is 5.75 Å². The Labute approximate surface area is 130 Å². The first-order valence-electron chi connectivity index (χ1n) is 7.34. The maximum Gasteiger partial charge on any atom is 0.237 e. The zero-order valence-electron chi connectivity index (χ0n) is 12.9. The molecule has 2 N–H and O–H groups in total. The fourth-order valence-corrected chi connectivity index (χ4v) is 2.53. The largest absolute Gasteiger partial charge is 0.497 e. The molecule has 6 nitrogen and oxygen atoms in total. The second kappa shape index (κ2) is 7.91. The molecule has 1 aromatic rings. The number of hydrogen-bond acceptors (Lipinski definition) is 5. The van der Waals surface area contributed by atoms with Crippen molar-refractivity contribution in [2.45, 2.75) is 12.5 Å². The molecule has 0 radical (unpaired) electrons. The van der Waals surface area contributed by atoms with Crippen LogP contribution in [0.4, 0.5) is 0 Å². The molecular formula is C16H22N2O4. The van der Waals surface area contributed by atoms with E-state index in [1.807, 2.05) is 0 Å². The lowest BCUT2D eigenvalue weighted by molar-refractivity contribution is -0.123. The first kappa shape index (κ1) is 16.5. The minimum atomic E-state index is -0.316. The number of nitrogens with one attached hydrogen (secondary N) is 2. The van der Waals surface area contributed by atoms with E-state index in [-0.39, 0.29) is 23.7 Å². The van der Waals surface area contributed by atoms with Crippen LogP contribution in [-0.2, 0) is 9.53 Å². The molecule has 1 saturated heterocycles. The maximum absolute atomic E-state index is 12.4. The number of hydrogen-bond donors (Lipinski definition) is 2. The monoisotopic (exact) mass is 306 g/mol. The Bertz CT molecular complexity index is 515. The van der Waals surface area contributed by atoms with Gasteiger partial charge in [-0.15, -0.1) is 0 Å². The van der Waals surface area contributed by atoms with Gasteiger partial charge in [0.05, 0.1) is 19.8 Å². The summed E-state index contributed by atoms with van der Waals surface area (Å²) in [6, 6.07) is 6.74. The van der Waals surface area contributed by atoms with Gasteiger partial charge in [0.1, 0.15) is 5.75 Å². The number of carbonyl (C=O) groups excluding carboxylic acids is 2. The van der Waals surface area contributed by atoms with Gasteiger partial charge in [-0.05, 0) is 30.7 Å². The van der Waals surface area contributed by atoms with Crippen molar-refractivity contribution in [2.24, 2.45) is 5.92 Å². The number of Topliss-reactive ketones (excluding diaryl/α,β-unsaturated/α-hetero) is 1. The van der Waals surface area contributed by atoms with Crippen LogP contribution in [0, 0.1) is 5.92 Å². The van der Waals surface area contributed by atoms with Gasteiger partial charge in [-0.3, -0.25) is 9.59 Å². The van der Waals surface area contributed by atoms with Gasteiger partial charge in [0, 0.05) is 31.7 Å². The zero-order chi connectivity index (χ0) is 15.9. The number of ketones is 1. The predicted molar refractivity (Wildman–Crippen MR) is 82.1 cm³/mol. The van der Waals surface area contributed by atoms with E-state index < -0.39 is 0 Å². The van der Waals surface area contributed by atoms with Crippen LogP contribution >= 0.6 is 0 Å². The predicted octanol–water partition coefficient (Wildman–Crippen LogP) is 0.619. The molecule has 1 aromatic carbocycles. The molecule has 0 spiro atoms. The number of ether oxygens (including phenoxy) is 2. The average molecular weight is 306 g/mol. The Kier molecular flexibility index (Phi) is 5.91. The summed E-state index contributed by atoms with van der Waals surface area (Å²) in [4.78, 5) is 24.4. The van der Waals surface area contributed by atoms with Crippen molar-refractivity contribution >= 4 is 11.7 Å². The first-order valence-corrected chi connectivity index (χ1v) is 7.34. The summed E-state index contributed by atoms with van der Waals surface area (Å²) in [5, 5.41) is 5.89. The van der Waals surface area contributed by atoms with E-state index in [0.29, 0.717) is 31.7 Å². The number of methoxy groups -OCH3 is 2. The van der Waals surface area contributed by atoms with Crippen LogP contribution in [0.1, 0.15) is 16.8 Å². The molecule has 1 amide bonds. The Hall–Kier alpha value is -1.92. The molecule has 2 unspecified atom stereocenters. The summed E-state index contributed by atoms with van der Waals surface area (Å²) in [6.07, 6.45) is 0.518. The highest BCUT2D eigenvalue weighted by atomic mass is 16.5. The van der Waals surface area contributed by atoms with Gasteiger partial charge in [0.2, 0.25) is 5.91 Å². The van der Waals surface area contributed by atoms with Gasteiger partial charge in [-0.25, -0.2) is 0 Å². The van der Waals surface area contributed by atoms with Gasteiger partial charge >= 0.3 is 0 Å². The molecule has 0 saturated carbocycles. The van der Waals surface area contributed by atoms with Gasteiger partial charge < -0.3 is 20.1 Å². The summed E-state index contributed by atoms with van der Waals surface area (Å²) in [5.74, 6) is 0.521. The lowest BCUT2D eigenvalue weighted by Gasteiger charge is -2.11. The Balaban J connectivity index is 1.88. The number of benzene rings is 1. The lowest BCUT2D eigenvalue weighted by atomic mass is 9.95. The third-order valence-electron chi connectivity index (χ3n) is 3.80. The van der Waals surface area contributed by atoms with Crippen molar-refractivity contribution in [1.29, 1.82) is 0 Å². The van der Waals surface area contributed by atoms with E-state index >= 15 is 0 Å². The summed E-state index contributed by atoms with van der Waals surface area (Å²) < 4.78 is 9.97. The minimum Gasteiger partial charge on any atom is -0.497 e. The Morgan fingerprint density at radius 3 is 2.64 bits per heavy atom. The summed E-state index contributed by atoms with van der Waals surface area (Å²) in [5.41, 5.74) is 0.646. The standard InChI is InChI=1S/C16H22N2O4/c1-21-8-7-17-16(20)14-9-12(10-18-14)15(19)11-3-5-13(22-2)6-4-11/h3-6,12,14,18H,7-10H2,1-2H3,(H,17,20). The first-order chi connectivity index (χ1) is 10.7. The van der Waals surface area contributed by atoms with E-state index in [4.69, 9.17) is 9.47 Å². The molecule has 1 aliphatic heterocycles. The second-order valence-corrected chi connectivity index (χ2v) is 5.27. The molecule has 0 aliphatic carbocycles. The molecule has 2 atom stereocenters. The van der Waals surface area contributed by atoms with Crippen molar-refractivity contribution < 1.29 is 19.1 Å². The highest BCUT2D eigenvalue weighted by Gasteiger charge is 2.33. The van der Waals surface area contributed by atoms with E-state index in [2.05, 4.69) is 10.6 Å². The number of carbonyl (C=O) groups is 2. The second-order valence-electron chi connectivity index (χ2n) is 5.27. The van der Waals surface area contributed by atoms with Gasteiger partial charge in [-0.2, -0.15) is 0 Å². The van der Waals surface area contributed by atoms with Crippen LogP contribution in [0.5, 0.6) is 5.75 Å². The minimum absolute atomic E-state index is 0.0577. The quantitative estimate of drug-likeness (QED) is 0.570. The van der Waals surface area contributed by atoms with Crippen molar-refractivity contribution in [1.82, 2.24) is 10.6 Å². The van der Waals surface area contributed by atoms with E-state index in [9.17, 15) is 9.59 Å². The smallest absolute Gasteiger partial charge is 0.237 e. The number of amides is 1. The fourth-order valence-electron chi connectivity index (χ4n) is 2.53. The van der Waals surface area contributed by atoms with Crippen LogP contribution in [0.15, 0.2) is 24.3 Å². The molecule has 120 valence electrons. The third-order valence-corrected chi connectivity index (χ3v) is 3.80. The van der Waals surface area contributed by atoms with Crippen LogP contribution in [0.3, 0.4) is 0 Å². The van der Waals surface area contributed by atoms with Crippen molar-refractivity contribution in [3.05, 3.63) is 29.8 Å². The van der Waals surface area contributed by atoms with Crippen LogP contribution in [0.2, 0.25) is 0 Å². The Morgan fingerprint density at radius 1 is 1.27 bits per heavy atom. The van der Waals surface area contributed by atoms with Gasteiger partial charge in [0.15, 0.2) is 5.78 Å². The molecule has 22 heavy (non-hydrogen) atoms. The third kappa shape index (κ3) is 4.05. The van der Waals surface area contributed by atoms with E-state index in [1.54, 1.807) is 38.5 Å². The fraction of sp³-hybridized carbons (Fsp3) is 0.500. The Morgan fingerprint density at radius 2 is 2.00 bits per heavy atom. The molecule has 1 heterocycles. The highest BCUT2D eigenvalue weighted by Crippen LogP contribution is 2.21. The molecular weight excluding hydrogens is 284 g/mol. The molecule has 0 bridgehead atoms. The van der Waals surface area contributed by atoms with Crippen molar-refractivity contribution in [3.8, 4) is 5.75 Å². The summed E-state index contributed by atoms with van der Waals surface area (Å²) >= 11 is 0. The average Bonchev–Trinajstić information content (AvgIpc) is 3.04. The normalized spacial score (nSPS) is 20.6. The lowest BCUT2D eigenvalue weighted by Crippen LogP contribution is -2.41. The maximum atomic E-state index is 12.4. The van der Waals surface area contributed by atoms with Crippen LogP contribution in [-0.4, -0.2) is 51.6 Å². The molecule has 6 heteroatoms. The highest BCUT2D eigenvalue weighted by molar-refractivity contribution is 5.99. The SMILES string of the molecule is COCCNC(=O)C1CC(C(=O)c2ccc(OC)cc2)CN1. The molecule has 1 fully saturated rings. The summed E-state index contributed by atoms with van der Waals surface area (Å²) in [6.45, 7) is 1.48. The molecule has 2 rings (SSSR count). The van der Waals surface area contributed by atoms with Crippen molar-refractivity contribution in [2.75, 3.05) is 33.9 Å². The van der Waals surface area contributed by atoms with Crippen LogP contribution in [0.25, 0.3) is 0 Å². The van der Waals surface area contributed by atoms with Crippen molar-refractivity contribution in [3.63, 3.8) is 0 Å². The summed E-state index contributed by atoms with van der Waals surface area (Å²) in [7, 11) is 3.17. The number of rotatable bonds is 7. The van der Waals surface area contributed by atoms with Crippen LogP contribution < -0.4 is 15.4 Å². The van der Waals surface area contributed by atoms with Gasteiger partial charge in [-0.1, -0.05) is 0 Å². The molecule has 0 aromatic heterocycles. The zero-order valence-corrected chi connectivity index (χ0v) is 12.9.